The molecule has 64 valence electrons. The number of aryl methyl sites for hydroxylation is 1. The van der Waals surface area contributed by atoms with Gasteiger partial charge in [-0.3, -0.25) is 4.79 Å². The third-order valence-electron chi connectivity index (χ3n) is 1.54. The number of rotatable bonds is 3. The van der Waals surface area contributed by atoms with Crippen LogP contribution in [0.25, 0.3) is 0 Å². The molecular weight excluding hydrogens is 176 g/mol. The lowest BCUT2D eigenvalue weighted by molar-refractivity contribution is 0.0702. The highest BCUT2D eigenvalue weighted by atomic mass is 32.1. The maximum atomic E-state index is 10.5. The predicted molar refractivity (Wildman–Crippen MR) is 46.0 cm³/mol. The van der Waals surface area contributed by atoms with Gasteiger partial charge in [-0.15, -0.1) is 11.3 Å². The lowest BCUT2D eigenvalue weighted by Gasteiger charge is -1.86. The van der Waals surface area contributed by atoms with Gasteiger partial charge in [0.05, 0.1) is 4.88 Å². The van der Waals surface area contributed by atoms with E-state index >= 15 is 0 Å². The average molecular weight is 184 g/mol. The molecule has 1 N–H and O–H groups in total. The fraction of sp³-hybridized carbons (Fsp3) is 0.250. The molecule has 1 rings (SSSR count). The van der Waals surface area contributed by atoms with Crippen LogP contribution in [0.5, 0.6) is 0 Å². The zero-order chi connectivity index (χ0) is 9.14. The Balaban J connectivity index is 3.13. The molecule has 0 radical (unpaired) electrons. The van der Waals surface area contributed by atoms with Crippen molar-refractivity contribution < 1.29 is 14.7 Å². The third-order valence-corrected chi connectivity index (χ3v) is 2.63. The van der Waals surface area contributed by atoms with Crippen LogP contribution in [-0.2, 0) is 6.42 Å². The number of carbonyl (C=O) groups is 2. The van der Waals surface area contributed by atoms with E-state index in [2.05, 4.69) is 0 Å². The molecule has 0 spiro atoms. The van der Waals surface area contributed by atoms with Crippen molar-refractivity contribution in [3.63, 3.8) is 0 Å². The molecule has 4 heteroatoms. The number of thiophene rings is 1. The van der Waals surface area contributed by atoms with E-state index in [0.29, 0.717) is 17.6 Å². The number of carboxylic acid groups (broad SMARTS) is 1. The van der Waals surface area contributed by atoms with Crippen molar-refractivity contribution in [3.05, 3.63) is 21.4 Å². The summed E-state index contributed by atoms with van der Waals surface area (Å²) in [5.74, 6) is -0.970. The first kappa shape index (κ1) is 8.93. The molecule has 0 saturated heterocycles. The van der Waals surface area contributed by atoms with Crippen molar-refractivity contribution >= 4 is 23.6 Å². The van der Waals surface area contributed by atoms with Gasteiger partial charge < -0.3 is 5.11 Å². The molecule has 1 aromatic heterocycles. The Morgan fingerprint density at radius 2 is 2.42 bits per heavy atom. The van der Waals surface area contributed by atoms with E-state index in [4.69, 9.17) is 5.11 Å². The topological polar surface area (TPSA) is 54.4 Å². The van der Waals surface area contributed by atoms with Crippen LogP contribution in [0.4, 0.5) is 0 Å². The van der Waals surface area contributed by atoms with Gasteiger partial charge in [0.15, 0.2) is 6.29 Å². The summed E-state index contributed by atoms with van der Waals surface area (Å²) in [6.45, 7) is 1.89. The maximum Gasteiger partial charge on any atom is 0.345 e. The van der Waals surface area contributed by atoms with Gasteiger partial charge in [0.25, 0.3) is 0 Å². The van der Waals surface area contributed by atoms with Crippen LogP contribution in [0.1, 0.15) is 31.8 Å². The molecule has 0 aliphatic heterocycles. The summed E-state index contributed by atoms with van der Waals surface area (Å²) in [6, 6.07) is 1.55. The van der Waals surface area contributed by atoms with Gasteiger partial charge in [-0.1, -0.05) is 6.92 Å². The molecule has 12 heavy (non-hydrogen) atoms. The molecule has 0 aromatic carbocycles. The summed E-state index contributed by atoms with van der Waals surface area (Å²) >= 11 is 1.02. The van der Waals surface area contributed by atoms with Gasteiger partial charge in [0.1, 0.15) is 4.88 Å². The van der Waals surface area contributed by atoms with Gasteiger partial charge in [-0.05, 0) is 18.1 Å². The largest absolute Gasteiger partial charge is 0.477 e. The molecule has 0 saturated carbocycles. The van der Waals surface area contributed by atoms with E-state index in [-0.39, 0.29) is 4.88 Å². The van der Waals surface area contributed by atoms with E-state index in [1.807, 2.05) is 6.92 Å². The Morgan fingerprint density at radius 3 is 2.75 bits per heavy atom. The number of hydrogen-bond donors (Lipinski definition) is 1. The summed E-state index contributed by atoms with van der Waals surface area (Å²) in [5, 5.41) is 8.61. The first-order valence-electron chi connectivity index (χ1n) is 3.50. The fourth-order valence-electron chi connectivity index (χ4n) is 0.924. The van der Waals surface area contributed by atoms with Crippen molar-refractivity contribution in [1.29, 1.82) is 0 Å². The predicted octanol–water partition coefficient (Wildman–Crippen LogP) is 1.82. The molecule has 1 heterocycles. The van der Waals surface area contributed by atoms with Gasteiger partial charge in [0.2, 0.25) is 0 Å². The lowest BCUT2D eigenvalue weighted by atomic mass is 10.2. The molecule has 3 nitrogen and oxygen atoms in total. The minimum absolute atomic E-state index is 0.231. The Hall–Kier alpha value is -1.16. The van der Waals surface area contributed by atoms with E-state index in [1.165, 1.54) is 0 Å². The third kappa shape index (κ3) is 1.53. The average Bonchev–Trinajstić information content (AvgIpc) is 2.46. The zero-order valence-electron chi connectivity index (χ0n) is 6.53. The van der Waals surface area contributed by atoms with E-state index < -0.39 is 5.97 Å². The minimum Gasteiger partial charge on any atom is -0.477 e. The van der Waals surface area contributed by atoms with Crippen LogP contribution in [-0.4, -0.2) is 17.4 Å². The minimum atomic E-state index is -0.970. The number of carbonyl (C=O) groups excluding carboxylic acids is 1. The van der Waals surface area contributed by atoms with E-state index in [0.717, 1.165) is 16.9 Å². The molecule has 1 aromatic rings. The summed E-state index contributed by atoms with van der Waals surface area (Å²) < 4.78 is 0. The lowest BCUT2D eigenvalue weighted by Crippen LogP contribution is -1.90. The highest BCUT2D eigenvalue weighted by Crippen LogP contribution is 2.21. The van der Waals surface area contributed by atoms with Gasteiger partial charge in [-0.25, -0.2) is 4.79 Å². The van der Waals surface area contributed by atoms with Crippen LogP contribution in [0.3, 0.4) is 0 Å². The Kier molecular flexibility index (Phi) is 2.60. The summed E-state index contributed by atoms with van der Waals surface area (Å²) in [4.78, 5) is 21.7. The Labute approximate surface area is 73.6 Å². The van der Waals surface area contributed by atoms with Gasteiger partial charge >= 0.3 is 5.97 Å². The second kappa shape index (κ2) is 3.49. The first-order valence-corrected chi connectivity index (χ1v) is 4.31. The highest BCUT2D eigenvalue weighted by molar-refractivity contribution is 7.15. The van der Waals surface area contributed by atoms with E-state index in [9.17, 15) is 9.59 Å². The summed E-state index contributed by atoms with van der Waals surface area (Å²) in [7, 11) is 0. The molecule has 0 aliphatic rings. The quantitative estimate of drug-likeness (QED) is 0.729. The first-order chi connectivity index (χ1) is 5.69. The van der Waals surface area contributed by atoms with Crippen LogP contribution >= 0.6 is 11.3 Å². The number of hydrogen-bond acceptors (Lipinski definition) is 3. The van der Waals surface area contributed by atoms with Crippen LogP contribution in [0, 0.1) is 0 Å². The number of aromatic carboxylic acids is 1. The second-order valence-corrected chi connectivity index (χ2v) is 3.36. The van der Waals surface area contributed by atoms with Gasteiger partial charge in [0, 0.05) is 0 Å². The Bertz CT molecular complexity index is 314. The molecular formula is C8H8O3S. The van der Waals surface area contributed by atoms with Crippen LogP contribution in [0.15, 0.2) is 6.07 Å². The van der Waals surface area contributed by atoms with Crippen molar-refractivity contribution in [2.75, 3.05) is 0 Å². The van der Waals surface area contributed by atoms with Crippen molar-refractivity contribution in [3.8, 4) is 0 Å². The molecule has 0 aliphatic carbocycles. The Morgan fingerprint density at radius 1 is 1.75 bits per heavy atom. The normalized spacial score (nSPS) is 9.75. The van der Waals surface area contributed by atoms with Crippen molar-refractivity contribution in [2.24, 2.45) is 0 Å². The molecule has 0 unspecified atom stereocenters. The smallest absolute Gasteiger partial charge is 0.345 e. The summed E-state index contributed by atoms with van der Waals surface area (Å²) in [6.07, 6.45) is 1.40. The molecule has 0 amide bonds. The molecule has 0 atom stereocenters. The number of aldehydes is 1. The molecule has 0 bridgehead atoms. The monoisotopic (exact) mass is 184 g/mol. The van der Waals surface area contributed by atoms with Crippen LogP contribution in [0.2, 0.25) is 0 Å². The van der Waals surface area contributed by atoms with Gasteiger partial charge in [-0.2, -0.15) is 0 Å². The fourth-order valence-corrected chi connectivity index (χ4v) is 1.83. The van der Waals surface area contributed by atoms with Crippen LogP contribution < -0.4 is 0 Å². The maximum absolute atomic E-state index is 10.5. The number of carboxylic acids is 1. The SMILES string of the molecule is CCc1cc(C(=O)O)sc1C=O. The highest BCUT2D eigenvalue weighted by Gasteiger charge is 2.11. The van der Waals surface area contributed by atoms with Crippen molar-refractivity contribution in [2.45, 2.75) is 13.3 Å². The zero-order valence-corrected chi connectivity index (χ0v) is 7.35. The van der Waals surface area contributed by atoms with E-state index in [1.54, 1.807) is 6.07 Å². The van der Waals surface area contributed by atoms with Crippen molar-refractivity contribution in [1.82, 2.24) is 0 Å². The summed E-state index contributed by atoms with van der Waals surface area (Å²) in [5.41, 5.74) is 0.812. The standard InChI is InChI=1S/C8H8O3S/c1-2-5-3-6(8(10)11)12-7(5)4-9/h3-4H,2H2,1H3,(H,10,11). The molecule has 0 fully saturated rings. The second-order valence-electron chi connectivity index (χ2n) is 2.28.